The number of phenolic OH excluding ortho intramolecular Hbond substituents is 1. The fraction of sp³-hybridized carbons (Fsp3) is 0.211. The van der Waals surface area contributed by atoms with Crippen molar-refractivity contribution in [2.75, 3.05) is 13.7 Å². The quantitative estimate of drug-likeness (QED) is 0.332. The van der Waals surface area contributed by atoms with Gasteiger partial charge in [-0.3, -0.25) is 9.59 Å². The second-order valence-electron chi connectivity index (χ2n) is 5.74. The van der Waals surface area contributed by atoms with E-state index in [4.69, 9.17) is 10.00 Å². The van der Waals surface area contributed by atoms with Crippen molar-refractivity contribution in [2.24, 2.45) is 0 Å². The lowest BCUT2D eigenvalue weighted by Gasteiger charge is -2.19. The average molecular weight is 605 g/mol. The van der Waals surface area contributed by atoms with Crippen molar-refractivity contribution < 1.29 is 19.4 Å². The number of nitriles is 1. The lowest BCUT2D eigenvalue weighted by molar-refractivity contribution is -0.122. The van der Waals surface area contributed by atoms with Gasteiger partial charge < -0.3 is 20.5 Å². The van der Waals surface area contributed by atoms with E-state index >= 15 is 0 Å². The molecule has 0 heterocycles. The Bertz CT molecular complexity index is 887. The molecule has 0 saturated carbocycles. The Labute approximate surface area is 189 Å². The third-order valence-electron chi connectivity index (χ3n) is 3.83. The average Bonchev–Trinajstić information content (AvgIpc) is 2.69. The van der Waals surface area contributed by atoms with E-state index in [2.05, 4.69) is 10.6 Å². The molecule has 0 radical (unpaired) electrons. The van der Waals surface area contributed by atoms with Crippen molar-refractivity contribution in [1.82, 2.24) is 10.6 Å². The normalized spacial score (nSPS) is 11.2. The molecule has 3 N–H and O–H groups in total. The third-order valence-corrected chi connectivity index (χ3v) is 5.48. The van der Waals surface area contributed by atoms with E-state index in [0.717, 1.165) is 5.56 Å². The van der Waals surface area contributed by atoms with Crippen LogP contribution in [0.1, 0.15) is 15.9 Å². The van der Waals surface area contributed by atoms with E-state index in [1.807, 2.05) is 51.3 Å². The van der Waals surface area contributed by atoms with E-state index in [1.54, 1.807) is 36.4 Å². The van der Waals surface area contributed by atoms with Crippen molar-refractivity contribution in [3.05, 3.63) is 54.7 Å². The van der Waals surface area contributed by atoms with Gasteiger partial charge in [0.25, 0.3) is 5.91 Å². The molecule has 0 unspecified atom stereocenters. The number of aromatic hydroxyl groups is 1. The molecule has 0 aliphatic carbocycles. The highest BCUT2D eigenvalue weighted by molar-refractivity contribution is 14.1. The number of methoxy groups -OCH3 is 1. The van der Waals surface area contributed by atoms with Crippen LogP contribution in [0.2, 0.25) is 0 Å². The SMILES string of the molecule is COc1ccc(C(=O)N[C@@H](Cc2cc(I)c(O)c(I)c2)C(=O)NCC#N)cc1. The van der Waals surface area contributed by atoms with E-state index in [0.29, 0.717) is 18.5 Å². The zero-order valence-corrected chi connectivity index (χ0v) is 19.1. The molecule has 0 aliphatic rings. The first kappa shape index (κ1) is 22.2. The van der Waals surface area contributed by atoms with E-state index in [1.165, 1.54) is 7.11 Å². The van der Waals surface area contributed by atoms with Crippen molar-refractivity contribution in [1.29, 1.82) is 5.26 Å². The summed E-state index contributed by atoms with van der Waals surface area (Å²) in [4.78, 5) is 25.0. The summed E-state index contributed by atoms with van der Waals surface area (Å²) in [7, 11) is 1.53. The van der Waals surface area contributed by atoms with Crippen molar-refractivity contribution >= 4 is 57.0 Å². The van der Waals surface area contributed by atoms with E-state index in [9.17, 15) is 14.7 Å². The molecule has 9 heteroatoms. The first-order chi connectivity index (χ1) is 13.3. The minimum Gasteiger partial charge on any atom is -0.506 e. The number of hydrogen-bond acceptors (Lipinski definition) is 5. The number of hydrogen-bond donors (Lipinski definition) is 3. The molecule has 2 aromatic carbocycles. The Morgan fingerprint density at radius 1 is 1.21 bits per heavy atom. The largest absolute Gasteiger partial charge is 0.506 e. The second kappa shape index (κ2) is 10.5. The number of rotatable bonds is 7. The van der Waals surface area contributed by atoms with Crippen LogP contribution in [0, 0.1) is 18.5 Å². The van der Waals surface area contributed by atoms with E-state index in [-0.39, 0.29) is 18.7 Å². The van der Waals surface area contributed by atoms with Gasteiger partial charge in [-0.25, -0.2) is 0 Å². The van der Waals surface area contributed by atoms with Crippen LogP contribution in [0.5, 0.6) is 11.5 Å². The summed E-state index contributed by atoms with van der Waals surface area (Å²) in [6, 6.07) is 11.0. The molecule has 2 amide bonds. The minimum absolute atomic E-state index is 0.154. The van der Waals surface area contributed by atoms with Crippen LogP contribution < -0.4 is 15.4 Å². The Morgan fingerprint density at radius 2 is 1.82 bits per heavy atom. The molecule has 0 bridgehead atoms. The predicted octanol–water partition coefficient (Wildman–Crippen LogP) is 2.59. The number of halogens is 2. The number of ether oxygens (including phenoxy) is 1. The lowest BCUT2D eigenvalue weighted by Crippen LogP contribution is -2.48. The van der Waals surface area contributed by atoms with Gasteiger partial charge in [0.1, 0.15) is 24.1 Å². The van der Waals surface area contributed by atoms with Gasteiger partial charge in [-0.1, -0.05) is 0 Å². The molecule has 7 nitrogen and oxygen atoms in total. The maximum absolute atomic E-state index is 12.6. The Balaban J connectivity index is 2.22. The number of carbonyl (C=O) groups excluding carboxylic acids is 2. The Kier molecular flexibility index (Phi) is 8.31. The van der Waals surface area contributed by atoms with Crippen LogP contribution >= 0.6 is 45.2 Å². The molecule has 1 atom stereocenters. The summed E-state index contributed by atoms with van der Waals surface area (Å²) in [6.45, 7) is -0.154. The molecule has 2 rings (SSSR count). The zero-order chi connectivity index (χ0) is 20.7. The summed E-state index contributed by atoms with van der Waals surface area (Å²) in [5.74, 6) is -0.0738. The zero-order valence-electron chi connectivity index (χ0n) is 14.8. The maximum atomic E-state index is 12.6. The molecule has 146 valence electrons. The highest BCUT2D eigenvalue weighted by Crippen LogP contribution is 2.28. The Hall–Kier alpha value is -2.07. The molecule has 0 saturated heterocycles. The van der Waals surface area contributed by atoms with Gasteiger partial charge in [0.15, 0.2) is 0 Å². The smallest absolute Gasteiger partial charge is 0.251 e. The fourth-order valence-electron chi connectivity index (χ4n) is 2.41. The summed E-state index contributed by atoms with van der Waals surface area (Å²) in [6.07, 6.45) is 0.214. The minimum atomic E-state index is -0.876. The molecule has 0 aromatic heterocycles. The van der Waals surface area contributed by atoms with E-state index < -0.39 is 17.9 Å². The molecule has 28 heavy (non-hydrogen) atoms. The molecule has 2 aromatic rings. The topological polar surface area (TPSA) is 111 Å². The Morgan fingerprint density at radius 3 is 2.36 bits per heavy atom. The van der Waals surface area contributed by atoms with Crippen LogP contribution in [-0.4, -0.2) is 36.6 Å². The predicted molar refractivity (Wildman–Crippen MR) is 120 cm³/mol. The third kappa shape index (κ3) is 5.96. The summed E-state index contributed by atoms with van der Waals surface area (Å²) in [5.41, 5.74) is 1.16. The summed E-state index contributed by atoms with van der Waals surface area (Å²) < 4.78 is 6.38. The molecular weight excluding hydrogens is 588 g/mol. The number of nitrogens with zero attached hydrogens (tertiary/aromatic N) is 1. The van der Waals surface area contributed by atoms with Gasteiger partial charge in [0.05, 0.1) is 20.3 Å². The van der Waals surface area contributed by atoms with Crippen LogP contribution in [0.4, 0.5) is 0 Å². The van der Waals surface area contributed by atoms with Crippen molar-refractivity contribution in [3.63, 3.8) is 0 Å². The van der Waals surface area contributed by atoms with Crippen LogP contribution in [-0.2, 0) is 11.2 Å². The number of benzene rings is 2. The highest BCUT2D eigenvalue weighted by atomic mass is 127. The van der Waals surface area contributed by atoms with Gasteiger partial charge in [-0.2, -0.15) is 5.26 Å². The number of amides is 2. The van der Waals surface area contributed by atoms with Gasteiger partial charge in [-0.05, 0) is 87.1 Å². The lowest BCUT2D eigenvalue weighted by atomic mass is 10.0. The van der Waals surface area contributed by atoms with Crippen LogP contribution in [0.15, 0.2) is 36.4 Å². The molecular formula is C19H17I2N3O4. The van der Waals surface area contributed by atoms with Crippen molar-refractivity contribution in [2.45, 2.75) is 12.5 Å². The second-order valence-corrected chi connectivity index (χ2v) is 8.07. The molecule has 0 aliphatic heterocycles. The number of nitrogens with one attached hydrogen (secondary N) is 2. The van der Waals surface area contributed by atoms with Gasteiger partial charge >= 0.3 is 0 Å². The van der Waals surface area contributed by atoms with Crippen LogP contribution in [0.25, 0.3) is 0 Å². The highest BCUT2D eigenvalue weighted by Gasteiger charge is 2.22. The van der Waals surface area contributed by atoms with Gasteiger partial charge in [-0.15, -0.1) is 0 Å². The monoisotopic (exact) mass is 605 g/mol. The van der Waals surface area contributed by atoms with Crippen molar-refractivity contribution in [3.8, 4) is 17.6 Å². The first-order valence-electron chi connectivity index (χ1n) is 8.12. The summed E-state index contributed by atoms with van der Waals surface area (Å²) in [5, 5.41) is 23.8. The summed E-state index contributed by atoms with van der Waals surface area (Å²) >= 11 is 4.01. The van der Waals surface area contributed by atoms with Gasteiger partial charge in [0.2, 0.25) is 5.91 Å². The van der Waals surface area contributed by atoms with Crippen LogP contribution in [0.3, 0.4) is 0 Å². The maximum Gasteiger partial charge on any atom is 0.251 e. The fourth-order valence-corrected chi connectivity index (χ4v) is 4.31. The first-order valence-corrected chi connectivity index (χ1v) is 10.3. The standard InChI is InChI=1S/C19H17I2N3O4/c1-28-13-4-2-12(3-5-13)18(26)24-16(19(27)23-7-6-22)10-11-8-14(20)17(25)15(21)9-11/h2-5,8-9,16,25H,7,10H2,1H3,(H,23,27)(H,24,26)/t16-/m0/s1. The number of phenols is 1. The molecule has 0 spiro atoms. The molecule has 0 fully saturated rings. The van der Waals surface area contributed by atoms with Gasteiger partial charge in [0, 0.05) is 12.0 Å². The number of carbonyl (C=O) groups is 2.